The quantitative estimate of drug-likeness (QED) is 0.792. The van der Waals surface area contributed by atoms with Gasteiger partial charge < -0.3 is 19.7 Å². The minimum atomic E-state index is -0.221. The average Bonchev–Trinajstić information content (AvgIpc) is 3.21. The van der Waals surface area contributed by atoms with E-state index >= 15 is 0 Å². The molecule has 2 aromatic rings. The number of hydrogen-bond acceptors (Lipinski definition) is 4. The van der Waals surface area contributed by atoms with Gasteiger partial charge in [0.2, 0.25) is 0 Å². The van der Waals surface area contributed by atoms with Crippen LogP contribution in [0, 0.1) is 0 Å². The van der Waals surface area contributed by atoms with Gasteiger partial charge in [-0.3, -0.25) is 9.59 Å². The van der Waals surface area contributed by atoms with Gasteiger partial charge in [-0.25, -0.2) is 0 Å². The summed E-state index contributed by atoms with van der Waals surface area (Å²) >= 11 is 0. The molecule has 0 spiro atoms. The van der Waals surface area contributed by atoms with Crippen LogP contribution in [0.3, 0.4) is 0 Å². The van der Waals surface area contributed by atoms with Crippen LogP contribution in [0.5, 0.6) is 11.5 Å². The first kappa shape index (κ1) is 19.7. The lowest BCUT2D eigenvalue weighted by atomic mass is 10.2. The maximum Gasteiger partial charge on any atom is 0.260 e. The third-order valence-electron chi connectivity index (χ3n) is 4.40. The zero-order valence-electron chi connectivity index (χ0n) is 16.3. The molecule has 0 saturated carbocycles. The Balaban J connectivity index is 1.56. The predicted molar refractivity (Wildman–Crippen MR) is 108 cm³/mol. The van der Waals surface area contributed by atoms with E-state index in [1.165, 1.54) is 0 Å². The summed E-state index contributed by atoms with van der Waals surface area (Å²) in [6.07, 6.45) is 2.19. The van der Waals surface area contributed by atoms with Crippen molar-refractivity contribution in [1.82, 2.24) is 4.90 Å². The number of ether oxygens (including phenoxy) is 2. The van der Waals surface area contributed by atoms with E-state index in [2.05, 4.69) is 5.32 Å². The number of benzene rings is 2. The maximum atomic E-state index is 12.4. The van der Waals surface area contributed by atoms with Crippen LogP contribution in [0.1, 0.15) is 37.0 Å². The van der Waals surface area contributed by atoms with Crippen molar-refractivity contribution in [3.63, 3.8) is 0 Å². The monoisotopic (exact) mass is 382 g/mol. The number of carbonyl (C=O) groups excluding carboxylic acids is 2. The van der Waals surface area contributed by atoms with Gasteiger partial charge in [0.15, 0.2) is 6.61 Å². The molecule has 1 heterocycles. The molecule has 0 aliphatic carbocycles. The maximum absolute atomic E-state index is 12.4. The van der Waals surface area contributed by atoms with E-state index in [4.69, 9.17) is 9.47 Å². The second kappa shape index (κ2) is 9.26. The number of likely N-dealkylation sites (tertiary alicyclic amines) is 1. The molecule has 1 aliphatic rings. The highest BCUT2D eigenvalue weighted by molar-refractivity contribution is 6.04. The van der Waals surface area contributed by atoms with Gasteiger partial charge in [0.1, 0.15) is 11.5 Å². The molecule has 3 rings (SSSR count). The molecule has 0 atom stereocenters. The second-order valence-electron chi connectivity index (χ2n) is 7.05. The van der Waals surface area contributed by atoms with E-state index in [0.29, 0.717) is 17.0 Å². The minimum Gasteiger partial charge on any atom is -0.491 e. The van der Waals surface area contributed by atoms with E-state index < -0.39 is 0 Å². The molecule has 1 N–H and O–H groups in total. The van der Waals surface area contributed by atoms with Crippen LogP contribution >= 0.6 is 0 Å². The Hall–Kier alpha value is -3.02. The summed E-state index contributed by atoms with van der Waals surface area (Å²) in [6.45, 7) is 5.52. The van der Waals surface area contributed by atoms with Crippen molar-refractivity contribution in [3.8, 4) is 11.5 Å². The third kappa shape index (κ3) is 5.49. The molecule has 2 aromatic carbocycles. The number of carbonyl (C=O) groups is 2. The lowest BCUT2D eigenvalue weighted by Gasteiger charge is -2.15. The largest absolute Gasteiger partial charge is 0.491 e. The summed E-state index contributed by atoms with van der Waals surface area (Å²) in [5.41, 5.74) is 1.14. The Morgan fingerprint density at radius 3 is 2.43 bits per heavy atom. The summed E-state index contributed by atoms with van der Waals surface area (Å²) in [4.78, 5) is 26.3. The molecule has 6 nitrogen and oxygen atoms in total. The highest BCUT2D eigenvalue weighted by Crippen LogP contribution is 2.20. The Kier molecular flexibility index (Phi) is 6.53. The van der Waals surface area contributed by atoms with E-state index in [9.17, 15) is 9.59 Å². The fraction of sp³-hybridized carbons (Fsp3) is 0.364. The highest BCUT2D eigenvalue weighted by atomic mass is 16.5. The molecule has 0 radical (unpaired) electrons. The van der Waals surface area contributed by atoms with Crippen molar-refractivity contribution in [3.05, 3.63) is 54.1 Å². The highest BCUT2D eigenvalue weighted by Gasteiger charge is 2.18. The van der Waals surface area contributed by atoms with E-state index in [1.54, 1.807) is 48.5 Å². The smallest absolute Gasteiger partial charge is 0.260 e. The SMILES string of the molecule is CC(C)Oc1ccc(C(=O)Nc2cccc(OCC(=O)N3CCCC3)c2)cc1. The van der Waals surface area contributed by atoms with Crippen LogP contribution in [0.15, 0.2) is 48.5 Å². The number of nitrogens with zero attached hydrogens (tertiary/aromatic N) is 1. The minimum absolute atomic E-state index is 0.00403. The molecule has 1 aliphatic heterocycles. The van der Waals surface area contributed by atoms with Crippen LogP contribution in [-0.4, -0.2) is 42.5 Å². The van der Waals surface area contributed by atoms with Gasteiger partial charge in [-0.15, -0.1) is 0 Å². The Bertz CT molecular complexity index is 812. The molecule has 0 unspecified atom stereocenters. The lowest BCUT2D eigenvalue weighted by molar-refractivity contribution is -0.132. The van der Waals surface area contributed by atoms with Crippen molar-refractivity contribution in [2.75, 3.05) is 25.0 Å². The summed E-state index contributed by atoms with van der Waals surface area (Å²) < 4.78 is 11.2. The van der Waals surface area contributed by atoms with Gasteiger partial charge in [0, 0.05) is 30.4 Å². The molecule has 6 heteroatoms. The molecule has 28 heavy (non-hydrogen) atoms. The molecule has 1 saturated heterocycles. The zero-order chi connectivity index (χ0) is 19.9. The molecule has 2 amide bonds. The van der Waals surface area contributed by atoms with Gasteiger partial charge in [-0.1, -0.05) is 6.07 Å². The standard InChI is InChI=1S/C22H26N2O4/c1-16(2)28-19-10-8-17(9-11-19)22(26)23-18-6-5-7-20(14-18)27-15-21(25)24-12-3-4-13-24/h5-11,14,16H,3-4,12-13,15H2,1-2H3,(H,23,26). The molecule has 0 bridgehead atoms. The van der Waals surface area contributed by atoms with Crippen molar-refractivity contribution >= 4 is 17.5 Å². The van der Waals surface area contributed by atoms with Crippen LogP contribution in [0.4, 0.5) is 5.69 Å². The summed E-state index contributed by atoms with van der Waals surface area (Å²) in [5.74, 6) is 1.05. The molecule has 0 aromatic heterocycles. The summed E-state index contributed by atoms with van der Waals surface area (Å²) in [7, 11) is 0. The third-order valence-corrected chi connectivity index (χ3v) is 4.40. The first-order valence-electron chi connectivity index (χ1n) is 9.60. The molecule has 1 fully saturated rings. The fourth-order valence-electron chi connectivity index (χ4n) is 3.03. The summed E-state index contributed by atoms with van der Waals surface area (Å²) in [6, 6.07) is 14.0. The Morgan fingerprint density at radius 2 is 1.75 bits per heavy atom. The molecular weight excluding hydrogens is 356 g/mol. The van der Waals surface area contributed by atoms with Crippen molar-refractivity contribution in [1.29, 1.82) is 0 Å². The first-order chi connectivity index (χ1) is 13.5. The zero-order valence-corrected chi connectivity index (χ0v) is 16.3. The summed E-state index contributed by atoms with van der Waals surface area (Å²) in [5, 5.41) is 2.85. The van der Waals surface area contributed by atoms with Gasteiger partial charge >= 0.3 is 0 Å². The predicted octanol–water partition coefficient (Wildman–Crippen LogP) is 3.73. The Morgan fingerprint density at radius 1 is 1.04 bits per heavy atom. The van der Waals surface area contributed by atoms with Crippen LogP contribution in [0.2, 0.25) is 0 Å². The lowest BCUT2D eigenvalue weighted by Crippen LogP contribution is -2.32. The van der Waals surface area contributed by atoms with Crippen molar-refractivity contribution in [2.24, 2.45) is 0 Å². The topological polar surface area (TPSA) is 67.9 Å². The van der Waals surface area contributed by atoms with Crippen LogP contribution in [0.25, 0.3) is 0 Å². The van der Waals surface area contributed by atoms with Gasteiger partial charge in [0.25, 0.3) is 11.8 Å². The van der Waals surface area contributed by atoms with Gasteiger partial charge in [0.05, 0.1) is 6.10 Å². The van der Waals surface area contributed by atoms with E-state index in [1.807, 2.05) is 18.7 Å². The number of hydrogen-bond donors (Lipinski definition) is 1. The van der Waals surface area contributed by atoms with E-state index in [-0.39, 0.29) is 24.5 Å². The number of anilines is 1. The fourth-order valence-corrected chi connectivity index (χ4v) is 3.03. The molecule has 148 valence electrons. The van der Waals surface area contributed by atoms with Crippen LogP contribution < -0.4 is 14.8 Å². The number of amides is 2. The number of nitrogens with one attached hydrogen (secondary N) is 1. The van der Waals surface area contributed by atoms with E-state index in [0.717, 1.165) is 31.7 Å². The average molecular weight is 382 g/mol. The normalized spacial score (nSPS) is 13.5. The van der Waals surface area contributed by atoms with Gasteiger partial charge in [-0.05, 0) is 63.1 Å². The van der Waals surface area contributed by atoms with Crippen molar-refractivity contribution in [2.45, 2.75) is 32.8 Å². The van der Waals surface area contributed by atoms with Crippen LogP contribution in [-0.2, 0) is 4.79 Å². The van der Waals surface area contributed by atoms with Gasteiger partial charge in [-0.2, -0.15) is 0 Å². The second-order valence-corrected chi connectivity index (χ2v) is 7.05. The molecular formula is C22H26N2O4. The van der Waals surface area contributed by atoms with Crippen molar-refractivity contribution < 1.29 is 19.1 Å². The first-order valence-corrected chi connectivity index (χ1v) is 9.60. The Labute approximate surface area is 165 Å². The number of rotatable bonds is 7.